The Balaban J connectivity index is 0.717. The number of alkyl halides is 2. The Bertz CT molecular complexity index is 3410. The summed E-state index contributed by atoms with van der Waals surface area (Å²) in [6, 6.07) is 29.1. The fourth-order valence-corrected chi connectivity index (χ4v) is 12.7. The molecule has 3 aromatic heterocycles. The number of amides is 3. The number of carbonyl (C=O) groups is 4. The molecule has 15 nitrogen and oxygen atoms in total. The van der Waals surface area contributed by atoms with Crippen molar-refractivity contribution in [2.24, 2.45) is 13.0 Å². The molecule has 3 fully saturated rings. The summed E-state index contributed by atoms with van der Waals surface area (Å²) in [4.78, 5) is 68.3. The number of rotatable bonds is 13. The van der Waals surface area contributed by atoms with Crippen LogP contribution >= 0.6 is 11.3 Å². The second kappa shape index (κ2) is 21.5. The molecule has 1 aliphatic carbocycles. The smallest absolute Gasteiger partial charge is 0.358 e. The summed E-state index contributed by atoms with van der Waals surface area (Å²) < 4.78 is 47.2. The van der Waals surface area contributed by atoms with Gasteiger partial charge in [0.25, 0.3) is 11.8 Å². The molecule has 11 rings (SSSR count). The van der Waals surface area contributed by atoms with Crippen LogP contribution in [0, 0.1) is 12.8 Å². The standard InChI is InChI=1S/C60H65F2N9O6S/c1-36-40(41-23-25-50(64-53(41)57(75)77-59(2,3)4)71-28-27-38-11-8-13-42(45(38)34-71)55(73)66-58-63-46-15-6-7-18-49(46)78-58)12-10-17-48(36)76-39-21-19-37(20-22-39)33-60(61,62)35-69-29-31-70(32-30-69)47-16-9-14-43-52(67-68(5)54(43)47)44-24-26-51(72)65-56(44)74/h6-18,23,25,37,39,44H,19-22,24,26-35H2,1-5H3,(H,63,66,73)(H,65,72,74). The maximum Gasteiger partial charge on any atom is 0.358 e. The number of nitrogens with one attached hydrogen (secondary N) is 2. The minimum absolute atomic E-state index is 0.128. The summed E-state index contributed by atoms with van der Waals surface area (Å²) in [6.07, 6.45) is 3.59. The number of aryl methyl sites for hydroxylation is 1. The van der Waals surface area contributed by atoms with Crippen molar-refractivity contribution in [1.29, 1.82) is 0 Å². The highest BCUT2D eigenvalue weighted by Crippen LogP contribution is 2.40. The molecule has 3 aliphatic heterocycles. The van der Waals surface area contributed by atoms with Crippen molar-refractivity contribution in [3.63, 3.8) is 0 Å². The van der Waals surface area contributed by atoms with E-state index in [1.54, 1.807) is 4.68 Å². The van der Waals surface area contributed by atoms with E-state index < -0.39 is 23.4 Å². The van der Waals surface area contributed by atoms with Gasteiger partial charge in [-0.25, -0.2) is 23.5 Å². The molecule has 1 unspecified atom stereocenters. The van der Waals surface area contributed by atoms with E-state index in [4.69, 9.17) is 19.6 Å². The van der Waals surface area contributed by atoms with Gasteiger partial charge in [0.15, 0.2) is 10.8 Å². The molecule has 2 N–H and O–H groups in total. The van der Waals surface area contributed by atoms with E-state index in [-0.39, 0.29) is 54.8 Å². The van der Waals surface area contributed by atoms with Crippen LogP contribution in [0.1, 0.15) is 115 Å². The summed E-state index contributed by atoms with van der Waals surface area (Å²) in [5.74, 6) is -3.63. The number of carbonyl (C=O) groups excluding carboxylic acids is 4. The number of esters is 1. The third kappa shape index (κ3) is 11.2. The Hall–Kier alpha value is -7.31. The van der Waals surface area contributed by atoms with E-state index in [1.807, 2.05) is 125 Å². The topological polar surface area (TPSA) is 164 Å². The first-order chi connectivity index (χ1) is 37.4. The zero-order valence-electron chi connectivity index (χ0n) is 44.7. The third-order valence-electron chi connectivity index (χ3n) is 15.7. The highest BCUT2D eigenvalue weighted by atomic mass is 32.1. The van der Waals surface area contributed by atoms with Gasteiger partial charge in [-0.2, -0.15) is 5.10 Å². The van der Waals surface area contributed by atoms with Crippen LogP contribution in [0.2, 0.25) is 0 Å². The number of imide groups is 1. The van der Waals surface area contributed by atoms with Crippen molar-refractivity contribution in [3.05, 3.63) is 125 Å². The number of pyridine rings is 1. The van der Waals surface area contributed by atoms with Crippen LogP contribution in [-0.2, 0) is 34.3 Å². The average Bonchev–Trinajstić information content (AvgIpc) is 4.10. The largest absolute Gasteiger partial charge is 0.490 e. The van der Waals surface area contributed by atoms with Gasteiger partial charge in [0.05, 0.1) is 45.7 Å². The van der Waals surface area contributed by atoms with Crippen molar-refractivity contribution in [2.75, 3.05) is 54.4 Å². The molecular weight excluding hydrogens is 1010 g/mol. The van der Waals surface area contributed by atoms with Crippen LogP contribution in [0.15, 0.2) is 91.0 Å². The Morgan fingerprint density at radius 3 is 2.36 bits per heavy atom. The summed E-state index contributed by atoms with van der Waals surface area (Å²) in [5, 5.41) is 11.6. The molecular formula is C60H65F2N9O6S. The fourth-order valence-electron chi connectivity index (χ4n) is 11.8. The van der Waals surface area contributed by atoms with E-state index in [0.29, 0.717) is 111 Å². The van der Waals surface area contributed by atoms with E-state index >= 15 is 8.78 Å². The van der Waals surface area contributed by atoms with Crippen molar-refractivity contribution < 1.29 is 37.4 Å². The molecule has 6 heterocycles. The Morgan fingerprint density at radius 2 is 1.59 bits per heavy atom. The molecule has 406 valence electrons. The predicted molar refractivity (Wildman–Crippen MR) is 299 cm³/mol. The number of hydrogen-bond acceptors (Lipinski definition) is 13. The molecule has 1 saturated carbocycles. The van der Waals surface area contributed by atoms with E-state index in [9.17, 15) is 19.2 Å². The lowest BCUT2D eigenvalue weighted by Crippen LogP contribution is -2.50. The van der Waals surface area contributed by atoms with Gasteiger partial charge in [-0.3, -0.25) is 34.6 Å². The molecule has 0 spiro atoms. The molecule has 1 atom stereocenters. The molecule has 3 amide bonds. The van der Waals surface area contributed by atoms with Gasteiger partial charge in [0.1, 0.15) is 17.2 Å². The predicted octanol–water partition coefficient (Wildman–Crippen LogP) is 10.6. The lowest BCUT2D eigenvalue weighted by atomic mass is 9.83. The highest BCUT2D eigenvalue weighted by molar-refractivity contribution is 7.22. The van der Waals surface area contributed by atoms with Gasteiger partial charge >= 0.3 is 5.97 Å². The number of fused-ring (bicyclic) bond motifs is 3. The molecule has 7 aromatic rings. The third-order valence-corrected chi connectivity index (χ3v) is 16.6. The number of nitrogens with zero attached hydrogens (tertiary/aromatic N) is 7. The first-order valence-electron chi connectivity index (χ1n) is 27.1. The van der Waals surface area contributed by atoms with Crippen LogP contribution in [0.3, 0.4) is 0 Å². The quantitative estimate of drug-likeness (QED) is 0.0831. The van der Waals surface area contributed by atoms with E-state index in [0.717, 1.165) is 49.1 Å². The minimum atomic E-state index is -2.85. The maximum absolute atomic E-state index is 15.9. The van der Waals surface area contributed by atoms with Crippen molar-refractivity contribution in [1.82, 2.24) is 30.0 Å². The maximum atomic E-state index is 15.9. The number of thiazole rings is 1. The highest BCUT2D eigenvalue weighted by Gasteiger charge is 2.39. The number of anilines is 3. The molecule has 2 saturated heterocycles. The van der Waals surface area contributed by atoms with Crippen LogP contribution in [0.5, 0.6) is 5.75 Å². The second-order valence-electron chi connectivity index (χ2n) is 22.3. The first-order valence-corrected chi connectivity index (χ1v) is 27.9. The lowest BCUT2D eigenvalue weighted by Gasteiger charge is -2.38. The van der Waals surface area contributed by atoms with Gasteiger partial charge in [0, 0.05) is 75.7 Å². The van der Waals surface area contributed by atoms with Crippen LogP contribution in [0.25, 0.3) is 32.2 Å². The summed E-state index contributed by atoms with van der Waals surface area (Å²) >= 11 is 1.43. The zero-order chi connectivity index (χ0) is 54.5. The van der Waals surface area contributed by atoms with Gasteiger partial charge < -0.3 is 19.3 Å². The number of piperidine rings is 1. The summed E-state index contributed by atoms with van der Waals surface area (Å²) in [6.45, 7) is 10.3. The monoisotopic (exact) mass is 1080 g/mol. The molecule has 78 heavy (non-hydrogen) atoms. The SMILES string of the molecule is Cc1c(OC2CCC(CC(F)(F)CN3CCN(c4cccc5c(C6CCC(=O)NC6=O)nn(C)c45)CC3)CC2)cccc1-c1ccc(N2CCc3cccc(C(=O)Nc4nc5ccccc5s4)c3C2)nc1C(=O)OC(C)(C)C. The Kier molecular flexibility index (Phi) is 14.5. The number of ether oxygens (including phenoxy) is 2. The van der Waals surface area contributed by atoms with Crippen molar-refractivity contribution >= 4 is 72.8 Å². The molecule has 4 aliphatic rings. The number of benzene rings is 4. The van der Waals surface area contributed by atoms with Gasteiger partial charge in [-0.15, -0.1) is 0 Å². The van der Waals surface area contributed by atoms with Crippen LogP contribution < -0.4 is 25.2 Å². The fraction of sp³-hybridized carbons (Fsp3) is 0.417. The molecule has 0 bridgehead atoms. The summed E-state index contributed by atoms with van der Waals surface area (Å²) in [7, 11) is 1.85. The number of halogens is 2. The van der Waals surface area contributed by atoms with Crippen molar-refractivity contribution in [2.45, 2.75) is 109 Å². The van der Waals surface area contributed by atoms with Gasteiger partial charge in [0.2, 0.25) is 11.8 Å². The van der Waals surface area contributed by atoms with Crippen LogP contribution in [0.4, 0.5) is 25.4 Å². The molecule has 4 aromatic carbocycles. The molecule has 18 heteroatoms. The minimum Gasteiger partial charge on any atom is -0.490 e. The first kappa shape index (κ1) is 52.7. The normalized spacial score (nSPS) is 19.4. The van der Waals surface area contributed by atoms with E-state index in [2.05, 4.69) is 31.5 Å². The number of piperazine rings is 1. The van der Waals surface area contributed by atoms with E-state index in [1.165, 1.54) is 11.3 Å². The Morgan fingerprint density at radius 1 is 0.821 bits per heavy atom. The van der Waals surface area contributed by atoms with Gasteiger partial charge in [-0.05, 0) is 137 Å². The van der Waals surface area contributed by atoms with Gasteiger partial charge in [-0.1, -0.05) is 59.9 Å². The number of hydrogen-bond donors (Lipinski definition) is 2. The van der Waals surface area contributed by atoms with Crippen LogP contribution in [-0.4, -0.2) is 105 Å². The zero-order valence-corrected chi connectivity index (χ0v) is 45.6. The Labute approximate surface area is 456 Å². The second-order valence-corrected chi connectivity index (χ2v) is 23.4. The lowest BCUT2D eigenvalue weighted by molar-refractivity contribution is -0.134. The summed E-state index contributed by atoms with van der Waals surface area (Å²) in [5.41, 5.74) is 7.43. The van der Waals surface area contributed by atoms with Crippen molar-refractivity contribution in [3.8, 4) is 16.9 Å². The average molecular weight is 1080 g/mol. The number of para-hydroxylation sites is 2. The number of aromatic nitrogens is 4. The molecule has 0 radical (unpaired) electrons.